The first-order valence-corrected chi connectivity index (χ1v) is 15.8. The molecule has 0 spiro atoms. The van der Waals surface area contributed by atoms with Crippen molar-refractivity contribution < 1.29 is 83.9 Å². The van der Waals surface area contributed by atoms with Crippen molar-refractivity contribution in [3.63, 3.8) is 0 Å². The maximum Gasteiger partial charge on any atom is 0.351 e. The molecule has 52 heavy (non-hydrogen) atoms. The first-order chi connectivity index (χ1) is 24.7. The van der Waals surface area contributed by atoms with Gasteiger partial charge in [-0.25, -0.2) is 14.4 Å². The van der Waals surface area contributed by atoms with Crippen LogP contribution in [0.1, 0.15) is 17.5 Å². The number of esters is 1. The summed E-state index contributed by atoms with van der Waals surface area (Å²) in [6.07, 6.45) is -3.56. The molecule has 2 aromatic rings. The van der Waals surface area contributed by atoms with Gasteiger partial charge in [-0.1, -0.05) is 6.07 Å². The van der Waals surface area contributed by atoms with E-state index in [0.717, 1.165) is 6.08 Å². The number of methoxy groups -OCH3 is 1. The maximum absolute atomic E-state index is 12.4. The van der Waals surface area contributed by atoms with Gasteiger partial charge in [0, 0.05) is 30.5 Å². The number of nitrogens with one attached hydrogen (secondary N) is 2. The number of aliphatic hydroxyl groups is 3. The molecule has 2 aromatic carbocycles. The van der Waals surface area contributed by atoms with Crippen molar-refractivity contribution in [2.75, 3.05) is 20.3 Å². The second-order valence-corrected chi connectivity index (χ2v) is 12.2. The fourth-order valence-electron chi connectivity index (χ4n) is 6.05. The van der Waals surface area contributed by atoms with Gasteiger partial charge >= 0.3 is 17.9 Å². The molecule has 9 N–H and O–H groups in total. The lowest BCUT2D eigenvalue weighted by atomic mass is 9.99. The van der Waals surface area contributed by atoms with Gasteiger partial charge in [0.05, 0.1) is 7.11 Å². The topological polar surface area (TPSA) is 286 Å². The van der Waals surface area contributed by atoms with Crippen molar-refractivity contribution in [2.24, 2.45) is 0 Å². The van der Waals surface area contributed by atoms with Crippen LogP contribution < -0.4 is 24.8 Å². The van der Waals surface area contributed by atoms with E-state index >= 15 is 0 Å². The molecule has 5 rings (SSSR count). The van der Waals surface area contributed by atoms with E-state index < -0.39 is 79.0 Å². The number of carbonyl (C=O) groups is 4. The smallest absolute Gasteiger partial charge is 0.351 e. The van der Waals surface area contributed by atoms with Crippen molar-refractivity contribution in [3.05, 3.63) is 71.0 Å². The number of phenols is 2. The molecule has 1 unspecified atom stereocenters. The summed E-state index contributed by atoms with van der Waals surface area (Å²) >= 11 is 0. The summed E-state index contributed by atoms with van der Waals surface area (Å²) in [4.78, 5) is 47.9. The van der Waals surface area contributed by atoms with Gasteiger partial charge in [-0.3, -0.25) is 4.90 Å². The molecule has 0 amide bonds. The third kappa shape index (κ3) is 8.27. The van der Waals surface area contributed by atoms with Crippen molar-refractivity contribution >= 4 is 35.6 Å². The summed E-state index contributed by atoms with van der Waals surface area (Å²) in [5.74, 6) is -5.68. The monoisotopic (exact) mass is 728 g/mol. The molecule has 1 saturated heterocycles. The predicted molar refractivity (Wildman–Crippen MR) is 171 cm³/mol. The Morgan fingerprint density at radius 1 is 1.00 bits per heavy atom. The average Bonchev–Trinajstić information content (AvgIpc) is 3.47. The van der Waals surface area contributed by atoms with Crippen LogP contribution >= 0.6 is 0 Å². The van der Waals surface area contributed by atoms with Gasteiger partial charge in [0.15, 0.2) is 23.0 Å². The number of aliphatic hydroxyl groups excluding tert-OH is 3. The van der Waals surface area contributed by atoms with Crippen LogP contribution in [0.4, 0.5) is 5.69 Å². The third-order valence-corrected chi connectivity index (χ3v) is 8.79. The Hall–Kier alpha value is -5.66. The third-order valence-electron chi connectivity index (χ3n) is 8.79. The van der Waals surface area contributed by atoms with Crippen molar-refractivity contribution in [1.29, 1.82) is 0 Å². The number of quaternary nitrogens is 1. The van der Waals surface area contributed by atoms with E-state index in [-0.39, 0.29) is 47.2 Å². The van der Waals surface area contributed by atoms with Crippen LogP contribution in [-0.4, -0.2) is 123 Å². The van der Waals surface area contributed by atoms with E-state index in [9.17, 15) is 60.0 Å². The second kappa shape index (κ2) is 15.7. The fraction of sp³-hybridized carbons (Fsp3) is 0.353. The van der Waals surface area contributed by atoms with E-state index in [0.29, 0.717) is 22.4 Å². The largest absolute Gasteiger partial charge is 0.544 e. The Morgan fingerprint density at radius 2 is 1.75 bits per heavy atom. The second-order valence-electron chi connectivity index (χ2n) is 12.2. The number of carbonyl (C=O) groups excluding carboxylic acids is 2. The zero-order valence-corrected chi connectivity index (χ0v) is 27.4. The van der Waals surface area contributed by atoms with E-state index in [2.05, 4.69) is 5.32 Å². The number of ether oxygens (including phenoxy) is 4. The SMILES string of the molecule is COc1cc(C=CC(=O)OC[C@H]2O[C@@H](Oc3cc4c(cc3O)C[C@@H](C(=O)[O-])[NH+]4CC=C3C=C(C(=O)O)N[C@H](C(=O)O)C3)[C@H](O)[C@@H](O)[C@@H]2O)ccc1O. The fourth-order valence-corrected chi connectivity index (χ4v) is 6.05. The Morgan fingerprint density at radius 3 is 2.42 bits per heavy atom. The van der Waals surface area contributed by atoms with Crippen LogP contribution in [0.25, 0.3) is 6.08 Å². The lowest BCUT2D eigenvalue weighted by Crippen LogP contribution is -3.11. The van der Waals surface area contributed by atoms with Crippen LogP contribution in [0.5, 0.6) is 23.0 Å². The quantitative estimate of drug-likeness (QED) is 0.0601. The molecular formula is C34H36N2O16. The van der Waals surface area contributed by atoms with Gasteiger partial charge in [-0.2, -0.15) is 0 Å². The Labute approximate surface area is 294 Å². The molecule has 8 atom stereocenters. The van der Waals surface area contributed by atoms with Gasteiger partial charge in [0.2, 0.25) is 6.29 Å². The summed E-state index contributed by atoms with van der Waals surface area (Å²) in [7, 11) is 1.36. The van der Waals surface area contributed by atoms with Crippen LogP contribution in [-0.2, 0) is 35.1 Å². The van der Waals surface area contributed by atoms with Gasteiger partial charge in [0.25, 0.3) is 0 Å². The van der Waals surface area contributed by atoms with E-state index in [1.807, 2.05) is 0 Å². The normalized spacial score (nSPS) is 27.7. The number of rotatable bonds is 12. The van der Waals surface area contributed by atoms with Crippen molar-refractivity contribution in [1.82, 2.24) is 5.32 Å². The molecule has 0 radical (unpaired) electrons. The van der Waals surface area contributed by atoms with Crippen LogP contribution in [0.2, 0.25) is 0 Å². The van der Waals surface area contributed by atoms with Crippen LogP contribution in [0, 0.1) is 0 Å². The number of carboxylic acids is 3. The Balaban J connectivity index is 1.31. The minimum absolute atomic E-state index is 0.0728. The highest BCUT2D eigenvalue weighted by Crippen LogP contribution is 2.36. The van der Waals surface area contributed by atoms with Crippen molar-refractivity contribution in [2.45, 2.75) is 55.6 Å². The van der Waals surface area contributed by atoms with Gasteiger partial charge < -0.3 is 69.9 Å². The summed E-state index contributed by atoms with van der Waals surface area (Å²) < 4.78 is 21.5. The summed E-state index contributed by atoms with van der Waals surface area (Å²) in [6, 6.07) is 4.48. The van der Waals surface area contributed by atoms with E-state index in [4.69, 9.17) is 18.9 Å². The zero-order chi connectivity index (χ0) is 37.9. The minimum atomic E-state index is -1.86. The molecule has 278 valence electrons. The Bertz CT molecular complexity index is 1820. The standard InChI is InChI=1S/C34H36N2O16/c1-49-24-10-15(2-4-22(24)37)3-5-27(39)50-14-26-28(40)29(41)30(42)34(52-26)51-25-13-20-17(12-23(25)38)11-21(33(47)48)36(20)7-6-16-8-18(31(43)44)35-19(9-16)32(45)46/h2-6,8,10,12-13,19,21,26,28-30,34-35,37-38,40-42H,7,9,11,14H2,1H3,(H,43,44)(H,45,46)(H,47,48)/t19-,21-,26+,28+,29-,30+,34+/m0/s1. The first-order valence-electron chi connectivity index (χ1n) is 15.8. The van der Waals surface area contributed by atoms with Crippen LogP contribution in [0.15, 0.2) is 59.8 Å². The molecule has 3 aliphatic heterocycles. The highest BCUT2D eigenvalue weighted by molar-refractivity contribution is 5.89. The number of benzene rings is 2. The minimum Gasteiger partial charge on any atom is -0.544 e. The summed E-state index contributed by atoms with van der Waals surface area (Å²) in [5.41, 5.74) is 1.18. The molecule has 18 heteroatoms. The molecule has 0 aromatic heterocycles. The number of aliphatic carboxylic acids is 3. The highest BCUT2D eigenvalue weighted by atomic mass is 16.7. The molecule has 0 saturated carbocycles. The summed E-state index contributed by atoms with van der Waals surface area (Å²) in [5, 5.41) is 85.6. The summed E-state index contributed by atoms with van der Waals surface area (Å²) in [6.45, 7) is -0.671. The number of hydrogen-bond acceptors (Lipinski definition) is 15. The molecule has 3 aliphatic rings. The number of phenolic OH excluding ortho intramolecular Hbond substituents is 2. The maximum atomic E-state index is 12.4. The predicted octanol–water partition coefficient (Wildman–Crippen LogP) is -2.92. The lowest BCUT2D eigenvalue weighted by molar-refractivity contribution is -0.840. The highest BCUT2D eigenvalue weighted by Gasteiger charge is 2.46. The molecular weight excluding hydrogens is 692 g/mol. The zero-order valence-electron chi connectivity index (χ0n) is 27.4. The van der Waals surface area contributed by atoms with Gasteiger partial charge in [-0.05, 0) is 47.6 Å². The molecule has 18 nitrogen and oxygen atoms in total. The molecule has 1 fully saturated rings. The number of allylic oxidation sites excluding steroid dienone is 1. The first kappa shape index (κ1) is 37.6. The van der Waals surface area contributed by atoms with Gasteiger partial charge in [-0.15, -0.1) is 0 Å². The number of aromatic hydroxyl groups is 2. The Kier molecular flexibility index (Phi) is 11.4. The van der Waals surface area contributed by atoms with Gasteiger partial charge in [0.1, 0.15) is 67.0 Å². The van der Waals surface area contributed by atoms with Crippen molar-refractivity contribution in [3.8, 4) is 23.0 Å². The average molecular weight is 729 g/mol. The van der Waals surface area contributed by atoms with E-state index in [1.54, 1.807) is 0 Å². The number of fused-ring (bicyclic) bond motifs is 1. The molecule has 0 bridgehead atoms. The van der Waals surface area contributed by atoms with Crippen LogP contribution in [0.3, 0.4) is 0 Å². The lowest BCUT2D eigenvalue weighted by Gasteiger charge is -2.39. The number of hydrogen-bond donors (Lipinski definition) is 9. The van der Waals surface area contributed by atoms with E-state index in [1.165, 1.54) is 55.7 Å². The molecule has 3 heterocycles. The number of carboxylic acid groups (broad SMARTS) is 3. The molecule has 0 aliphatic carbocycles.